The summed E-state index contributed by atoms with van der Waals surface area (Å²) in [6.45, 7) is 4.15. The van der Waals surface area contributed by atoms with Crippen molar-refractivity contribution in [1.29, 1.82) is 0 Å². The van der Waals surface area contributed by atoms with E-state index in [4.69, 9.17) is 17.3 Å². The zero-order valence-corrected chi connectivity index (χ0v) is 19.6. The number of rotatable bonds is 5. The lowest BCUT2D eigenvalue weighted by atomic mass is 10.2. The Morgan fingerprint density at radius 1 is 1.06 bits per heavy atom. The van der Waals surface area contributed by atoms with E-state index in [1.165, 1.54) is 0 Å². The van der Waals surface area contributed by atoms with Gasteiger partial charge in [0.2, 0.25) is 4.77 Å². The Morgan fingerprint density at radius 3 is 2.48 bits per heavy atom. The van der Waals surface area contributed by atoms with Crippen molar-refractivity contribution in [3.8, 4) is 16.4 Å². The molecule has 0 N–H and O–H groups in total. The molecule has 4 heterocycles. The molecule has 0 bridgehead atoms. The summed E-state index contributed by atoms with van der Waals surface area (Å²) in [6.07, 6.45) is 0.763. The fourth-order valence-corrected chi connectivity index (χ4v) is 7.15. The fraction of sp³-hybridized carbons (Fsp3) is 0.429. The second-order valence-corrected chi connectivity index (χ2v) is 11.6. The van der Waals surface area contributed by atoms with Gasteiger partial charge in [-0.25, -0.2) is 13.1 Å². The van der Waals surface area contributed by atoms with E-state index in [1.54, 1.807) is 11.3 Å². The molecule has 0 unspecified atom stereocenters. The van der Waals surface area contributed by atoms with Gasteiger partial charge in [0.05, 0.1) is 23.1 Å². The van der Waals surface area contributed by atoms with Gasteiger partial charge in [-0.3, -0.25) is 14.4 Å². The van der Waals surface area contributed by atoms with Crippen molar-refractivity contribution in [2.75, 3.05) is 37.7 Å². The second kappa shape index (κ2) is 8.59. The largest absolute Gasteiger partial charge is 0.297 e. The lowest BCUT2D eigenvalue weighted by Crippen LogP contribution is -2.50. The molecule has 7 nitrogen and oxygen atoms in total. The maximum atomic E-state index is 11.8. The fourth-order valence-electron chi connectivity index (χ4n) is 4.40. The molecule has 1 atom stereocenters. The van der Waals surface area contributed by atoms with E-state index < -0.39 is 9.84 Å². The third-order valence-electron chi connectivity index (χ3n) is 6.06. The molecule has 0 amide bonds. The molecule has 31 heavy (non-hydrogen) atoms. The van der Waals surface area contributed by atoms with Crippen molar-refractivity contribution in [1.82, 2.24) is 24.1 Å². The van der Waals surface area contributed by atoms with E-state index in [9.17, 15) is 8.42 Å². The lowest BCUT2D eigenvalue weighted by Gasteiger charge is -2.37. The second-order valence-electron chi connectivity index (χ2n) is 8.11. The van der Waals surface area contributed by atoms with E-state index in [0.29, 0.717) is 22.9 Å². The van der Waals surface area contributed by atoms with Crippen LogP contribution in [0.15, 0.2) is 47.8 Å². The Labute approximate surface area is 191 Å². The van der Waals surface area contributed by atoms with E-state index in [1.807, 2.05) is 45.6 Å². The van der Waals surface area contributed by atoms with E-state index >= 15 is 0 Å². The molecular formula is C21H25N5O2S3. The molecule has 10 heteroatoms. The third-order valence-corrected chi connectivity index (χ3v) is 9.07. The van der Waals surface area contributed by atoms with Crippen LogP contribution in [0.4, 0.5) is 0 Å². The van der Waals surface area contributed by atoms with Crippen molar-refractivity contribution < 1.29 is 8.42 Å². The number of para-hydroxylation sites is 1. The summed E-state index contributed by atoms with van der Waals surface area (Å²) in [5, 5.41) is 6.94. The Kier molecular flexibility index (Phi) is 5.82. The number of piperazine rings is 1. The van der Waals surface area contributed by atoms with Crippen LogP contribution < -0.4 is 0 Å². The molecule has 0 spiro atoms. The molecule has 5 rings (SSSR count). The molecule has 2 aromatic heterocycles. The van der Waals surface area contributed by atoms with Gasteiger partial charge in [-0.15, -0.1) is 16.4 Å². The number of benzene rings is 1. The van der Waals surface area contributed by atoms with E-state index in [-0.39, 0.29) is 6.04 Å². The quantitative estimate of drug-likeness (QED) is 0.529. The van der Waals surface area contributed by atoms with Crippen molar-refractivity contribution >= 4 is 33.4 Å². The first-order chi connectivity index (χ1) is 15.0. The number of aromatic nitrogens is 3. The minimum atomic E-state index is -2.85. The van der Waals surface area contributed by atoms with Gasteiger partial charge in [-0.1, -0.05) is 24.3 Å². The molecule has 2 aliphatic rings. The number of hydrogen-bond donors (Lipinski definition) is 0. The average molecular weight is 476 g/mol. The zero-order chi connectivity index (χ0) is 21.4. The highest BCUT2D eigenvalue weighted by Gasteiger charge is 2.33. The van der Waals surface area contributed by atoms with E-state index in [2.05, 4.69) is 21.2 Å². The molecule has 0 aliphatic carbocycles. The zero-order valence-electron chi connectivity index (χ0n) is 17.1. The monoisotopic (exact) mass is 475 g/mol. The normalized spacial score (nSPS) is 22.1. The topological polar surface area (TPSA) is 63.4 Å². The van der Waals surface area contributed by atoms with Crippen LogP contribution in [0.2, 0.25) is 0 Å². The lowest BCUT2D eigenvalue weighted by molar-refractivity contribution is 0.0808. The average Bonchev–Trinajstić information content (AvgIpc) is 3.49. The highest BCUT2D eigenvalue weighted by molar-refractivity contribution is 7.91. The van der Waals surface area contributed by atoms with Gasteiger partial charge in [-0.2, -0.15) is 0 Å². The van der Waals surface area contributed by atoms with Crippen molar-refractivity contribution in [3.63, 3.8) is 0 Å². The smallest absolute Gasteiger partial charge is 0.204 e. The maximum Gasteiger partial charge on any atom is 0.204 e. The molecule has 2 fully saturated rings. The van der Waals surface area contributed by atoms with Gasteiger partial charge in [0.15, 0.2) is 15.7 Å². The van der Waals surface area contributed by atoms with Crippen LogP contribution in [0.5, 0.6) is 0 Å². The first-order valence-corrected chi connectivity index (χ1v) is 13.6. The molecule has 1 aromatic carbocycles. The first kappa shape index (κ1) is 21.0. The van der Waals surface area contributed by atoms with Gasteiger partial charge in [0.1, 0.15) is 0 Å². The molecule has 2 aliphatic heterocycles. The highest BCUT2D eigenvalue weighted by Crippen LogP contribution is 2.27. The van der Waals surface area contributed by atoms with Crippen LogP contribution in [0, 0.1) is 4.77 Å². The summed E-state index contributed by atoms with van der Waals surface area (Å²) in [5.74, 6) is 1.50. The molecule has 3 aromatic rings. The Hall–Kier alpha value is -1.85. The van der Waals surface area contributed by atoms with Crippen LogP contribution >= 0.6 is 23.6 Å². The van der Waals surface area contributed by atoms with E-state index in [0.717, 1.165) is 49.0 Å². The SMILES string of the molecule is O=S1(=O)CC[C@@H](N2CCN(Cn3nc(-c4cccs4)n(-c4ccccc4)c3=S)CC2)C1. The summed E-state index contributed by atoms with van der Waals surface area (Å²) in [4.78, 5) is 5.76. The summed E-state index contributed by atoms with van der Waals surface area (Å²) >= 11 is 7.49. The van der Waals surface area contributed by atoms with Gasteiger partial charge in [-0.05, 0) is 42.2 Å². The molecule has 2 saturated heterocycles. The number of nitrogens with zero attached hydrogens (tertiary/aromatic N) is 5. The van der Waals surface area contributed by atoms with Gasteiger partial charge >= 0.3 is 0 Å². The minimum absolute atomic E-state index is 0.178. The van der Waals surface area contributed by atoms with Crippen LogP contribution in [0.1, 0.15) is 6.42 Å². The summed E-state index contributed by atoms with van der Waals surface area (Å²) in [6, 6.07) is 14.4. The Morgan fingerprint density at radius 2 is 1.84 bits per heavy atom. The predicted octanol–water partition coefficient (Wildman–Crippen LogP) is 2.89. The van der Waals surface area contributed by atoms with Gasteiger partial charge in [0.25, 0.3) is 0 Å². The molecule has 164 valence electrons. The highest BCUT2D eigenvalue weighted by atomic mass is 32.2. The summed E-state index contributed by atoms with van der Waals surface area (Å²) < 4.78 is 28.3. The third kappa shape index (κ3) is 4.40. The maximum absolute atomic E-state index is 11.8. The minimum Gasteiger partial charge on any atom is -0.297 e. The summed E-state index contributed by atoms with van der Waals surface area (Å²) in [5.41, 5.74) is 1.01. The molecular weight excluding hydrogens is 450 g/mol. The molecule has 0 saturated carbocycles. The molecule has 0 radical (unpaired) electrons. The van der Waals surface area contributed by atoms with Crippen LogP contribution in [-0.2, 0) is 16.5 Å². The van der Waals surface area contributed by atoms with Gasteiger partial charge < -0.3 is 0 Å². The van der Waals surface area contributed by atoms with Crippen LogP contribution in [0.25, 0.3) is 16.4 Å². The van der Waals surface area contributed by atoms with Crippen molar-refractivity contribution in [3.05, 3.63) is 52.6 Å². The summed E-state index contributed by atoms with van der Waals surface area (Å²) in [7, 11) is -2.85. The Bertz CT molecular complexity index is 1190. The number of sulfone groups is 1. The van der Waals surface area contributed by atoms with Crippen molar-refractivity contribution in [2.24, 2.45) is 0 Å². The number of thiophene rings is 1. The van der Waals surface area contributed by atoms with Crippen LogP contribution in [-0.4, -0.2) is 76.3 Å². The van der Waals surface area contributed by atoms with Crippen LogP contribution in [0.3, 0.4) is 0 Å². The number of hydrogen-bond acceptors (Lipinski definition) is 7. The predicted molar refractivity (Wildman–Crippen MR) is 126 cm³/mol. The van der Waals surface area contributed by atoms with Gasteiger partial charge in [0, 0.05) is 37.9 Å². The standard InChI is InChI=1S/C21H25N5O2S3/c27-31(28)14-8-18(15-31)24-11-9-23(10-12-24)16-25-21(29)26(17-5-2-1-3-6-17)20(22-25)19-7-4-13-30-19/h1-7,13,18H,8-12,14-16H2/t18-/m1/s1. The Balaban J connectivity index is 1.34. The van der Waals surface area contributed by atoms with Crippen molar-refractivity contribution in [2.45, 2.75) is 19.1 Å². The first-order valence-electron chi connectivity index (χ1n) is 10.5.